The molecule has 0 aliphatic rings. The molecule has 1 aromatic rings. The van der Waals surface area contributed by atoms with Crippen molar-refractivity contribution in [3.63, 3.8) is 0 Å². The Morgan fingerprint density at radius 2 is 1.85 bits per heavy atom. The number of aryl methyl sites for hydroxylation is 2. The number of nitrogens with one attached hydrogen (secondary N) is 2. The average molecular weight is 301 g/mol. The largest absolute Gasteiger partial charge is 0.386 e. The Kier molecular flexibility index (Phi) is 4.55. The van der Waals surface area contributed by atoms with Crippen LogP contribution < -0.4 is 10.5 Å². The monoisotopic (exact) mass is 301 g/mol. The normalized spacial score (nSPS) is 14.8. The molecule has 0 spiro atoms. The van der Waals surface area contributed by atoms with Gasteiger partial charge in [0.2, 0.25) is 10.0 Å². The summed E-state index contributed by atoms with van der Waals surface area (Å²) >= 11 is 0. The summed E-state index contributed by atoms with van der Waals surface area (Å²) in [5, 5.41) is 7.52. The van der Waals surface area contributed by atoms with Crippen LogP contribution in [0.3, 0.4) is 0 Å². The predicted molar refractivity (Wildman–Crippen MR) is 76.8 cm³/mol. The van der Waals surface area contributed by atoms with Crippen molar-refractivity contribution in [2.24, 2.45) is 5.73 Å². The number of hydrogen-bond acceptors (Lipinski definition) is 3. The van der Waals surface area contributed by atoms with Gasteiger partial charge < -0.3 is 5.73 Å². The van der Waals surface area contributed by atoms with Gasteiger partial charge in [-0.1, -0.05) is 6.92 Å². The lowest BCUT2D eigenvalue weighted by molar-refractivity contribution is 0.504. The number of rotatable bonds is 5. The molecule has 5 nitrogen and oxygen atoms in total. The number of benzene rings is 1. The number of sulfonamides is 1. The Labute approximate surface area is 118 Å². The maximum Gasteiger partial charge on any atom is 0.242 e. The van der Waals surface area contributed by atoms with Gasteiger partial charge in [0.05, 0.1) is 10.4 Å². The molecule has 0 aliphatic heterocycles. The summed E-state index contributed by atoms with van der Waals surface area (Å²) in [5.74, 6) is -0.746. The second-order valence-electron chi connectivity index (χ2n) is 5.07. The molecular formula is C13H20FN3O2S. The summed E-state index contributed by atoms with van der Waals surface area (Å²) in [6, 6.07) is 2.33. The minimum absolute atomic E-state index is 0.0276. The zero-order valence-corrected chi connectivity index (χ0v) is 12.9. The van der Waals surface area contributed by atoms with Crippen LogP contribution in [0.25, 0.3) is 0 Å². The second-order valence-corrected chi connectivity index (χ2v) is 6.69. The van der Waals surface area contributed by atoms with Crippen LogP contribution in [-0.4, -0.2) is 19.8 Å². The molecular weight excluding hydrogens is 281 g/mol. The van der Waals surface area contributed by atoms with Crippen molar-refractivity contribution < 1.29 is 12.8 Å². The van der Waals surface area contributed by atoms with E-state index in [2.05, 4.69) is 4.72 Å². The summed E-state index contributed by atoms with van der Waals surface area (Å²) in [6.07, 6.45) is 0.334. The van der Waals surface area contributed by atoms with Crippen molar-refractivity contribution in [2.75, 3.05) is 0 Å². The summed E-state index contributed by atoms with van der Waals surface area (Å²) in [6.45, 7) is 6.33. The van der Waals surface area contributed by atoms with Gasteiger partial charge in [-0.3, -0.25) is 5.41 Å². The highest BCUT2D eigenvalue weighted by Gasteiger charge is 2.33. The minimum atomic E-state index is -3.89. The number of nitrogens with two attached hydrogens (primary N) is 1. The smallest absolute Gasteiger partial charge is 0.242 e. The summed E-state index contributed by atoms with van der Waals surface area (Å²) in [5.41, 5.74) is 4.94. The molecule has 1 rings (SSSR count). The second kappa shape index (κ2) is 5.49. The Morgan fingerprint density at radius 3 is 2.20 bits per heavy atom. The van der Waals surface area contributed by atoms with Crippen molar-refractivity contribution in [3.8, 4) is 0 Å². The Hall–Kier alpha value is -1.47. The van der Waals surface area contributed by atoms with E-state index in [9.17, 15) is 12.8 Å². The Balaban J connectivity index is 3.36. The molecule has 1 unspecified atom stereocenters. The molecule has 1 atom stereocenters. The van der Waals surface area contributed by atoms with Crippen LogP contribution in [0.15, 0.2) is 17.0 Å². The number of hydrogen-bond donors (Lipinski definition) is 3. The van der Waals surface area contributed by atoms with Crippen LogP contribution in [0.2, 0.25) is 0 Å². The van der Waals surface area contributed by atoms with Gasteiger partial charge in [0.15, 0.2) is 0 Å². The van der Waals surface area contributed by atoms with Gasteiger partial charge in [0.1, 0.15) is 11.7 Å². The lowest BCUT2D eigenvalue weighted by atomic mass is 10.00. The first kappa shape index (κ1) is 16.6. The van der Waals surface area contributed by atoms with Gasteiger partial charge in [0.25, 0.3) is 0 Å². The highest BCUT2D eigenvalue weighted by atomic mass is 32.2. The number of halogens is 1. The molecule has 0 aliphatic carbocycles. The highest BCUT2D eigenvalue weighted by Crippen LogP contribution is 2.23. The summed E-state index contributed by atoms with van der Waals surface area (Å²) in [4.78, 5) is 0.0276. The van der Waals surface area contributed by atoms with Gasteiger partial charge in [0, 0.05) is 0 Å². The average Bonchev–Trinajstić information content (AvgIpc) is 2.25. The first-order valence-corrected chi connectivity index (χ1v) is 7.67. The first-order valence-electron chi connectivity index (χ1n) is 6.18. The Bertz CT molecular complexity index is 620. The van der Waals surface area contributed by atoms with Crippen LogP contribution in [0.4, 0.5) is 4.39 Å². The molecule has 1 aromatic carbocycles. The summed E-state index contributed by atoms with van der Waals surface area (Å²) < 4.78 is 40.7. The van der Waals surface area contributed by atoms with Crippen molar-refractivity contribution in [2.45, 2.75) is 44.6 Å². The molecule has 112 valence electrons. The SMILES string of the molecule is CCC(C)(NS(=O)(=O)c1c(C)cc(F)cc1C)C(=N)N. The van der Waals surface area contributed by atoms with Crippen LogP contribution in [0.5, 0.6) is 0 Å². The molecule has 0 saturated carbocycles. The molecule has 0 amide bonds. The van der Waals surface area contributed by atoms with E-state index in [-0.39, 0.29) is 10.7 Å². The topological polar surface area (TPSA) is 96.0 Å². The fourth-order valence-corrected chi connectivity index (χ4v) is 3.90. The standard InChI is InChI=1S/C13H20FN3O2S/c1-5-13(4,12(15)16)17-20(18,19)11-8(2)6-10(14)7-9(11)3/h6-7,17H,5H2,1-4H3,(H3,15,16). The molecule has 7 heteroatoms. The van der Waals surface area contributed by atoms with E-state index in [0.29, 0.717) is 17.5 Å². The van der Waals surface area contributed by atoms with Crippen molar-refractivity contribution in [1.29, 1.82) is 5.41 Å². The van der Waals surface area contributed by atoms with Crippen LogP contribution in [0.1, 0.15) is 31.4 Å². The maximum atomic E-state index is 13.3. The lowest BCUT2D eigenvalue weighted by Gasteiger charge is -2.28. The van der Waals surface area contributed by atoms with Gasteiger partial charge in [-0.25, -0.2) is 12.8 Å². The molecule has 0 aromatic heterocycles. The van der Waals surface area contributed by atoms with E-state index in [1.54, 1.807) is 13.8 Å². The van der Waals surface area contributed by atoms with Crippen molar-refractivity contribution >= 4 is 15.9 Å². The molecule has 0 radical (unpaired) electrons. The van der Waals surface area contributed by atoms with E-state index < -0.39 is 21.4 Å². The molecule has 0 saturated heterocycles. The third-order valence-corrected chi connectivity index (χ3v) is 5.26. The zero-order chi connectivity index (χ0) is 15.7. The minimum Gasteiger partial charge on any atom is -0.386 e. The van der Waals surface area contributed by atoms with Gasteiger partial charge in [-0.2, -0.15) is 4.72 Å². The van der Waals surface area contributed by atoms with E-state index in [1.807, 2.05) is 0 Å². The maximum absolute atomic E-state index is 13.3. The van der Waals surface area contributed by atoms with Gasteiger partial charge in [-0.05, 0) is 50.5 Å². The van der Waals surface area contributed by atoms with Crippen LogP contribution >= 0.6 is 0 Å². The van der Waals surface area contributed by atoms with E-state index >= 15 is 0 Å². The van der Waals surface area contributed by atoms with E-state index in [0.717, 1.165) is 0 Å². The molecule has 4 N–H and O–H groups in total. The fraction of sp³-hybridized carbons (Fsp3) is 0.462. The first-order chi connectivity index (χ1) is 9.03. The summed E-state index contributed by atoms with van der Waals surface area (Å²) in [7, 11) is -3.89. The molecule has 0 heterocycles. The van der Waals surface area contributed by atoms with Crippen LogP contribution in [-0.2, 0) is 10.0 Å². The van der Waals surface area contributed by atoms with Crippen LogP contribution in [0, 0.1) is 25.1 Å². The highest BCUT2D eigenvalue weighted by molar-refractivity contribution is 7.89. The third kappa shape index (κ3) is 3.16. The molecule has 20 heavy (non-hydrogen) atoms. The molecule has 0 bridgehead atoms. The molecule has 0 fully saturated rings. The van der Waals surface area contributed by atoms with Gasteiger partial charge >= 0.3 is 0 Å². The number of amidine groups is 1. The lowest BCUT2D eigenvalue weighted by Crippen LogP contribution is -2.54. The third-order valence-electron chi connectivity index (χ3n) is 3.36. The Morgan fingerprint density at radius 1 is 1.40 bits per heavy atom. The quantitative estimate of drug-likeness (QED) is 0.572. The fourth-order valence-electron chi connectivity index (χ4n) is 1.99. The zero-order valence-electron chi connectivity index (χ0n) is 12.0. The van der Waals surface area contributed by atoms with Crippen molar-refractivity contribution in [1.82, 2.24) is 4.72 Å². The van der Waals surface area contributed by atoms with E-state index in [4.69, 9.17) is 11.1 Å². The predicted octanol–water partition coefficient (Wildman–Crippen LogP) is 1.83. The van der Waals surface area contributed by atoms with Gasteiger partial charge in [-0.15, -0.1) is 0 Å². The van der Waals surface area contributed by atoms with E-state index in [1.165, 1.54) is 26.0 Å². The van der Waals surface area contributed by atoms with Crippen molar-refractivity contribution in [3.05, 3.63) is 29.1 Å².